The summed E-state index contributed by atoms with van der Waals surface area (Å²) < 4.78 is 25.8. The summed E-state index contributed by atoms with van der Waals surface area (Å²) in [5.74, 6) is 0. The molecule has 0 radical (unpaired) electrons. The normalized spacial score (nSPS) is 15.1. The van der Waals surface area contributed by atoms with Gasteiger partial charge in [0, 0.05) is 0 Å². The quantitative estimate of drug-likeness (QED) is 0.512. The molecule has 12 heavy (non-hydrogen) atoms. The summed E-state index contributed by atoms with van der Waals surface area (Å²) in [4.78, 5) is 0. The standard InChI is InChI=1S/C7H17O3PS/c1-7(2)11(3)6-5-10-12(4,8)9/h7H,5-6H2,1-4H3/t11-/m0/s1. The molecule has 0 aliphatic heterocycles. The minimum atomic E-state index is -3.24. The predicted octanol–water partition coefficient (Wildman–Crippen LogP) is 1.48. The second-order valence-corrected chi connectivity index (χ2v) is 7.74. The molecule has 74 valence electrons. The van der Waals surface area contributed by atoms with E-state index in [1.165, 1.54) is 0 Å². The molecular weight excluding hydrogens is 195 g/mol. The maximum Gasteiger partial charge on any atom is 0.264 e. The third-order valence-corrected chi connectivity index (χ3v) is 4.87. The first-order chi connectivity index (χ1) is 5.33. The molecule has 0 aromatic rings. The maximum absolute atomic E-state index is 10.6. The minimum Gasteiger partial charge on any atom is -0.270 e. The Morgan fingerprint density at radius 2 is 1.92 bits per heavy atom. The highest BCUT2D eigenvalue weighted by molar-refractivity contribution is 7.86. The Morgan fingerprint density at radius 3 is 2.25 bits per heavy atom. The van der Waals surface area contributed by atoms with E-state index in [0.717, 1.165) is 12.4 Å². The monoisotopic (exact) mass is 212 g/mol. The molecule has 0 amide bonds. The van der Waals surface area contributed by atoms with Gasteiger partial charge in [-0.25, -0.2) is 0 Å². The van der Waals surface area contributed by atoms with Gasteiger partial charge in [0.05, 0.1) is 12.9 Å². The Bertz CT molecular complexity index is 211. The van der Waals surface area contributed by atoms with Gasteiger partial charge in [-0.3, -0.25) is 4.18 Å². The first-order valence-electron chi connectivity index (χ1n) is 3.87. The van der Waals surface area contributed by atoms with Crippen molar-refractivity contribution in [3.8, 4) is 0 Å². The molecule has 0 aliphatic carbocycles. The van der Waals surface area contributed by atoms with Crippen molar-refractivity contribution in [2.24, 2.45) is 0 Å². The lowest BCUT2D eigenvalue weighted by molar-refractivity contribution is 0.344. The Kier molecular flexibility index (Phi) is 5.30. The van der Waals surface area contributed by atoms with Crippen LogP contribution in [0, 0.1) is 0 Å². The fourth-order valence-electron chi connectivity index (χ4n) is 0.591. The van der Waals surface area contributed by atoms with Crippen LogP contribution in [-0.4, -0.2) is 39.8 Å². The topological polar surface area (TPSA) is 43.4 Å². The van der Waals surface area contributed by atoms with E-state index >= 15 is 0 Å². The van der Waals surface area contributed by atoms with Crippen molar-refractivity contribution in [1.82, 2.24) is 0 Å². The second-order valence-electron chi connectivity index (χ2n) is 3.10. The van der Waals surface area contributed by atoms with Gasteiger partial charge >= 0.3 is 0 Å². The van der Waals surface area contributed by atoms with Gasteiger partial charge in [0.1, 0.15) is 0 Å². The fourth-order valence-corrected chi connectivity index (χ4v) is 2.00. The van der Waals surface area contributed by atoms with Crippen molar-refractivity contribution in [2.75, 3.05) is 25.7 Å². The molecule has 0 aromatic heterocycles. The van der Waals surface area contributed by atoms with Crippen LogP contribution in [0.4, 0.5) is 0 Å². The van der Waals surface area contributed by atoms with Crippen LogP contribution in [0.3, 0.4) is 0 Å². The average Bonchev–Trinajstić information content (AvgIpc) is 1.84. The average molecular weight is 212 g/mol. The van der Waals surface area contributed by atoms with Gasteiger partial charge in [-0.1, -0.05) is 13.8 Å². The summed E-state index contributed by atoms with van der Waals surface area (Å²) >= 11 is 0. The molecule has 0 fully saturated rings. The summed E-state index contributed by atoms with van der Waals surface area (Å²) in [5.41, 5.74) is 0.642. The molecule has 0 saturated heterocycles. The number of hydrogen-bond donors (Lipinski definition) is 0. The van der Waals surface area contributed by atoms with Gasteiger partial charge in [-0.05, 0) is 18.5 Å². The van der Waals surface area contributed by atoms with E-state index in [2.05, 4.69) is 24.7 Å². The lowest BCUT2D eigenvalue weighted by Crippen LogP contribution is -2.08. The van der Waals surface area contributed by atoms with Crippen LogP contribution >= 0.6 is 7.92 Å². The van der Waals surface area contributed by atoms with E-state index in [4.69, 9.17) is 0 Å². The largest absolute Gasteiger partial charge is 0.270 e. The van der Waals surface area contributed by atoms with Crippen LogP contribution in [0.5, 0.6) is 0 Å². The highest BCUT2D eigenvalue weighted by Gasteiger charge is 2.07. The summed E-state index contributed by atoms with van der Waals surface area (Å²) in [6.07, 6.45) is 1.94. The van der Waals surface area contributed by atoms with Crippen LogP contribution in [0.15, 0.2) is 0 Å². The molecule has 0 spiro atoms. The fraction of sp³-hybridized carbons (Fsp3) is 1.00. The summed E-state index contributed by atoms with van der Waals surface area (Å²) in [7, 11) is -3.32. The molecule has 0 aliphatic rings. The molecule has 3 nitrogen and oxygen atoms in total. The van der Waals surface area contributed by atoms with Gasteiger partial charge in [0.15, 0.2) is 0 Å². The van der Waals surface area contributed by atoms with Crippen molar-refractivity contribution in [3.05, 3.63) is 0 Å². The maximum atomic E-state index is 10.6. The Morgan fingerprint density at radius 1 is 1.42 bits per heavy atom. The molecule has 0 heterocycles. The van der Waals surface area contributed by atoms with E-state index in [1.54, 1.807) is 0 Å². The zero-order valence-electron chi connectivity index (χ0n) is 8.07. The van der Waals surface area contributed by atoms with Crippen molar-refractivity contribution < 1.29 is 12.6 Å². The van der Waals surface area contributed by atoms with E-state index in [9.17, 15) is 8.42 Å². The minimum absolute atomic E-state index is 0.0821. The summed E-state index contributed by atoms with van der Waals surface area (Å²) in [6, 6.07) is 0. The molecule has 1 atom stereocenters. The molecule has 0 unspecified atom stereocenters. The van der Waals surface area contributed by atoms with Gasteiger partial charge in [-0.15, -0.1) is 7.92 Å². The zero-order chi connectivity index (χ0) is 9.78. The first kappa shape index (κ1) is 12.3. The molecule has 0 N–H and O–H groups in total. The molecule has 5 heteroatoms. The summed E-state index contributed by atoms with van der Waals surface area (Å²) in [6.45, 7) is 6.78. The van der Waals surface area contributed by atoms with Gasteiger partial charge in [0.25, 0.3) is 10.1 Å². The van der Waals surface area contributed by atoms with Crippen molar-refractivity contribution >= 4 is 18.0 Å². The van der Waals surface area contributed by atoms with Gasteiger partial charge in [0.2, 0.25) is 0 Å². The van der Waals surface area contributed by atoms with Crippen LogP contribution in [0.2, 0.25) is 0 Å². The number of hydrogen-bond acceptors (Lipinski definition) is 3. The highest BCUT2D eigenvalue weighted by Crippen LogP contribution is 2.35. The third-order valence-electron chi connectivity index (χ3n) is 1.62. The van der Waals surface area contributed by atoms with E-state index in [1.807, 2.05) is 0 Å². The Balaban J connectivity index is 3.58. The van der Waals surface area contributed by atoms with Crippen LogP contribution in [0.25, 0.3) is 0 Å². The van der Waals surface area contributed by atoms with Crippen LogP contribution < -0.4 is 0 Å². The first-order valence-corrected chi connectivity index (χ1v) is 7.73. The van der Waals surface area contributed by atoms with E-state index in [-0.39, 0.29) is 7.92 Å². The summed E-state index contributed by atoms with van der Waals surface area (Å²) in [5, 5.41) is 0. The Labute approximate surface area is 76.4 Å². The van der Waals surface area contributed by atoms with Crippen molar-refractivity contribution in [3.63, 3.8) is 0 Å². The molecule has 0 saturated carbocycles. The van der Waals surface area contributed by atoms with Crippen LogP contribution in [-0.2, 0) is 14.3 Å². The third kappa shape index (κ3) is 7.01. The molecule has 0 rings (SSSR count). The SMILES string of the molecule is CC(C)[P@@](C)CCOS(C)(=O)=O. The van der Waals surface area contributed by atoms with Crippen molar-refractivity contribution in [1.29, 1.82) is 0 Å². The molecule has 0 bridgehead atoms. The molecular formula is C7H17O3PS. The lowest BCUT2D eigenvalue weighted by Gasteiger charge is -2.15. The smallest absolute Gasteiger partial charge is 0.264 e. The van der Waals surface area contributed by atoms with Crippen molar-refractivity contribution in [2.45, 2.75) is 19.5 Å². The Hall–Kier alpha value is 0.340. The van der Waals surface area contributed by atoms with E-state index < -0.39 is 10.1 Å². The van der Waals surface area contributed by atoms with Gasteiger partial charge in [-0.2, -0.15) is 8.42 Å². The van der Waals surface area contributed by atoms with E-state index in [0.29, 0.717) is 12.3 Å². The number of rotatable bonds is 5. The van der Waals surface area contributed by atoms with Crippen LogP contribution in [0.1, 0.15) is 13.8 Å². The van der Waals surface area contributed by atoms with Gasteiger partial charge < -0.3 is 0 Å². The lowest BCUT2D eigenvalue weighted by atomic mass is 10.6. The highest BCUT2D eigenvalue weighted by atomic mass is 32.2. The predicted molar refractivity (Wildman–Crippen MR) is 53.6 cm³/mol. The second kappa shape index (κ2) is 5.15. The molecule has 0 aromatic carbocycles. The zero-order valence-corrected chi connectivity index (χ0v) is 9.78.